The smallest absolute Gasteiger partial charge is 0.410 e. The summed E-state index contributed by atoms with van der Waals surface area (Å²) in [5, 5.41) is 0. The number of carbonyl (C=O) groups is 2. The van der Waals surface area contributed by atoms with Crippen LogP contribution in [0, 0.1) is 0 Å². The largest absolute Gasteiger partial charge is 0.493 e. The number of hydrogen-bond donors (Lipinski definition) is 0. The van der Waals surface area contributed by atoms with Gasteiger partial charge < -0.3 is 43.1 Å². The Bertz CT molecular complexity index is 1270. The molecule has 2 aromatic rings. The molecule has 43 heavy (non-hydrogen) atoms. The van der Waals surface area contributed by atoms with E-state index in [4.69, 9.17) is 40.6 Å². The zero-order valence-corrected chi connectivity index (χ0v) is 27.7. The van der Waals surface area contributed by atoms with E-state index in [1.165, 1.54) is 33.1 Å². The Balaban J connectivity index is 1.78. The number of ether oxygens (including phenoxy) is 6. The van der Waals surface area contributed by atoms with E-state index in [1.807, 2.05) is 37.8 Å². The van der Waals surface area contributed by atoms with Gasteiger partial charge in [-0.2, -0.15) is 0 Å². The van der Waals surface area contributed by atoms with Gasteiger partial charge in [-0.15, -0.1) is 0 Å². The Hall–Kier alpha value is -3.58. The highest BCUT2D eigenvalue weighted by molar-refractivity contribution is 8.23. The minimum absolute atomic E-state index is 0.0923. The fourth-order valence-corrected chi connectivity index (χ4v) is 5.53. The molecule has 1 heterocycles. The van der Waals surface area contributed by atoms with E-state index in [0.29, 0.717) is 64.9 Å². The zero-order valence-electron chi connectivity index (χ0n) is 26.1. The Labute approximate surface area is 263 Å². The molecule has 0 aliphatic carbocycles. The van der Waals surface area contributed by atoms with Crippen LogP contribution in [0.15, 0.2) is 30.3 Å². The van der Waals surface area contributed by atoms with Crippen molar-refractivity contribution in [1.82, 2.24) is 9.80 Å². The van der Waals surface area contributed by atoms with E-state index in [-0.39, 0.29) is 24.3 Å². The molecule has 0 radical (unpaired) electrons. The van der Waals surface area contributed by atoms with Crippen LogP contribution in [-0.2, 0) is 16.1 Å². The minimum Gasteiger partial charge on any atom is -0.493 e. The molecule has 1 saturated heterocycles. The Kier molecular flexibility index (Phi) is 12.0. The zero-order chi connectivity index (χ0) is 31.7. The van der Waals surface area contributed by atoms with Crippen molar-refractivity contribution in [3.05, 3.63) is 35.9 Å². The molecule has 2 aromatic carbocycles. The Morgan fingerprint density at radius 2 is 1.37 bits per heavy atom. The number of anilines is 1. The number of benzene rings is 2. The first-order chi connectivity index (χ1) is 20.4. The number of piperazine rings is 1. The molecular weight excluding hydrogens is 594 g/mol. The predicted octanol–water partition coefficient (Wildman–Crippen LogP) is 4.83. The maximum absolute atomic E-state index is 13.8. The van der Waals surface area contributed by atoms with Crippen molar-refractivity contribution in [3.63, 3.8) is 0 Å². The lowest BCUT2D eigenvalue weighted by Crippen LogP contribution is -2.51. The van der Waals surface area contributed by atoms with Crippen LogP contribution < -0.4 is 28.6 Å². The molecule has 236 valence electrons. The highest BCUT2D eigenvalue weighted by atomic mass is 32.2. The predicted molar refractivity (Wildman–Crippen MR) is 171 cm³/mol. The maximum atomic E-state index is 13.8. The average molecular weight is 636 g/mol. The molecule has 11 nitrogen and oxygen atoms in total. The van der Waals surface area contributed by atoms with Crippen LogP contribution in [0.25, 0.3) is 0 Å². The summed E-state index contributed by atoms with van der Waals surface area (Å²) in [7, 11) is 7.71. The summed E-state index contributed by atoms with van der Waals surface area (Å²) in [4.78, 5) is 31.6. The van der Waals surface area contributed by atoms with Gasteiger partial charge >= 0.3 is 6.09 Å². The summed E-state index contributed by atoms with van der Waals surface area (Å²) in [6, 6.07) is 8.98. The molecule has 0 aromatic heterocycles. The van der Waals surface area contributed by atoms with Crippen LogP contribution in [0.2, 0.25) is 0 Å². The molecule has 0 spiro atoms. The number of rotatable bonds is 10. The van der Waals surface area contributed by atoms with E-state index >= 15 is 0 Å². The summed E-state index contributed by atoms with van der Waals surface area (Å²) < 4.78 is 33.5. The molecule has 0 bridgehead atoms. The molecule has 13 heteroatoms. The second-order valence-corrected chi connectivity index (χ2v) is 12.2. The van der Waals surface area contributed by atoms with Gasteiger partial charge in [-0.25, -0.2) is 4.79 Å². The van der Waals surface area contributed by atoms with Crippen molar-refractivity contribution in [2.75, 3.05) is 72.4 Å². The molecule has 0 unspecified atom stereocenters. The first-order valence-electron chi connectivity index (χ1n) is 13.7. The van der Waals surface area contributed by atoms with Crippen molar-refractivity contribution in [2.24, 2.45) is 0 Å². The van der Waals surface area contributed by atoms with Crippen LogP contribution in [0.1, 0.15) is 26.3 Å². The number of amides is 2. The Morgan fingerprint density at radius 1 is 0.814 bits per heavy atom. The van der Waals surface area contributed by atoms with Gasteiger partial charge in [0.15, 0.2) is 23.0 Å². The van der Waals surface area contributed by atoms with Gasteiger partial charge in [-0.3, -0.25) is 4.79 Å². The van der Waals surface area contributed by atoms with Crippen LogP contribution >= 0.6 is 24.0 Å². The van der Waals surface area contributed by atoms with Gasteiger partial charge in [0.05, 0.1) is 53.5 Å². The normalized spacial score (nSPS) is 13.2. The van der Waals surface area contributed by atoms with E-state index < -0.39 is 5.60 Å². The fraction of sp³-hybridized carbons (Fsp3) is 0.500. The number of methoxy groups -OCH3 is 5. The molecule has 1 fully saturated rings. The van der Waals surface area contributed by atoms with Crippen molar-refractivity contribution in [3.8, 4) is 28.7 Å². The molecule has 0 N–H and O–H groups in total. The number of thiocarbonyl (C=S) groups is 1. The molecule has 1 aliphatic rings. The van der Waals surface area contributed by atoms with Crippen molar-refractivity contribution in [1.29, 1.82) is 0 Å². The molecule has 2 amide bonds. The second-order valence-electron chi connectivity index (χ2n) is 10.6. The van der Waals surface area contributed by atoms with E-state index in [0.717, 1.165) is 5.56 Å². The third kappa shape index (κ3) is 8.96. The molecule has 3 rings (SSSR count). The summed E-state index contributed by atoms with van der Waals surface area (Å²) in [5.41, 5.74) is 0.831. The Morgan fingerprint density at radius 3 is 1.88 bits per heavy atom. The molecule has 0 saturated carbocycles. The SMILES string of the molecule is COc1ccc(CN(C(=O)CSC(=S)N2CCN(C(=O)OC(C)(C)C)CC2)c2cc(OC)c(OC)c(OC)c2)cc1OC. The van der Waals surface area contributed by atoms with Gasteiger partial charge in [-0.05, 0) is 38.5 Å². The highest BCUT2D eigenvalue weighted by Crippen LogP contribution is 2.41. The fourth-order valence-electron chi connectivity index (χ4n) is 4.40. The van der Waals surface area contributed by atoms with Gasteiger partial charge in [0.2, 0.25) is 11.7 Å². The van der Waals surface area contributed by atoms with Crippen molar-refractivity contribution in [2.45, 2.75) is 32.9 Å². The van der Waals surface area contributed by atoms with Crippen LogP contribution in [-0.4, -0.2) is 99.2 Å². The number of carbonyl (C=O) groups excluding carboxylic acids is 2. The van der Waals surface area contributed by atoms with Gasteiger partial charge in [-0.1, -0.05) is 30.0 Å². The minimum atomic E-state index is -0.555. The van der Waals surface area contributed by atoms with Crippen LogP contribution in [0.3, 0.4) is 0 Å². The summed E-state index contributed by atoms with van der Waals surface area (Å²) in [6.45, 7) is 7.85. The first kappa shape index (κ1) is 33.9. The maximum Gasteiger partial charge on any atom is 0.410 e. The van der Waals surface area contributed by atoms with Crippen molar-refractivity contribution >= 4 is 46.0 Å². The lowest BCUT2D eigenvalue weighted by atomic mass is 10.1. The average Bonchev–Trinajstić information content (AvgIpc) is 3.00. The molecule has 0 atom stereocenters. The van der Waals surface area contributed by atoms with Crippen LogP contribution in [0.5, 0.6) is 28.7 Å². The first-order valence-corrected chi connectivity index (χ1v) is 15.0. The van der Waals surface area contributed by atoms with E-state index in [1.54, 1.807) is 42.2 Å². The quantitative estimate of drug-likeness (QED) is 0.336. The molecule has 1 aliphatic heterocycles. The lowest BCUT2D eigenvalue weighted by molar-refractivity contribution is -0.116. The number of nitrogens with zero attached hydrogens (tertiary/aromatic N) is 3. The summed E-state index contributed by atoms with van der Waals surface area (Å²) in [5.74, 6) is 2.33. The van der Waals surface area contributed by atoms with E-state index in [2.05, 4.69) is 0 Å². The lowest BCUT2D eigenvalue weighted by Gasteiger charge is -2.36. The third-order valence-electron chi connectivity index (χ3n) is 6.56. The van der Waals surface area contributed by atoms with Gasteiger partial charge in [0.25, 0.3) is 0 Å². The standard InChI is InChI=1S/C30H41N3O8S2/c1-30(2,3)41-28(35)31-11-13-32(14-12-31)29(42)43-19-26(34)33(18-20-9-10-22(36-4)23(15-20)37-5)21-16-24(38-6)27(40-8)25(17-21)39-7/h9-10,15-17H,11-14,18-19H2,1-8H3. The second kappa shape index (κ2) is 15.2. The summed E-state index contributed by atoms with van der Waals surface area (Å²) in [6.07, 6.45) is -0.336. The van der Waals surface area contributed by atoms with Crippen molar-refractivity contribution < 1.29 is 38.0 Å². The van der Waals surface area contributed by atoms with Gasteiger partial charge in [0, 0.05) is 38.3 Å². The number of hydrogen-bond acceptors (Lipinski definition) is 10. The van der Waals surface area contributed by atoms with Gasteiger partial charge in [0.1, 0.15) is 9.92 Å². The summed E-state index contributed by atoms with van der Waals surface area (Å²) >= 11 is 6.97. The third-order valence-corrected chi connectivity index (χ3v) is 8.07. The topological polar surface area (TPSA) is 99.2 Å². The highest BCUT2D eigenvalue weighted by Gasteiger charge is 2.28. The van der Waals surface area contributed by atoms with Crippen LogP contribution in [0.4, 0.5) is 10.5 Å². The van der Waals surface area contributed by atoms with E-state index in [9.17, 15) is 9.59 Å². The number of thioether (sulfide) groups is 1. The molecular formula is C30H41N3O8S2. The monoisotopic (exact) mass is 635 g/mol.